The predicted molar refractivity (Wildman–Crippen MR) is 97.5 cm³/mol. The van der Waals surface area contributed by atoms with Gasteiger partial charge in [0.25, 0.3) is 0 Å². The van der Waals surface area contributed by atoms with E-state index in [1.165, 1.54) is 0 Å². The number of aliphatic hydroxyl groups excluding tert-OH is 1. The minimum Gasteiger partial charge on any atom is -0.488 e. The number of benzene rings is 1. The zero-order valence-corrected chi connectivity index (χ0v) is 15.1. The molecule has 0 unspecified atom stereocenters. The second-order valence-electron chi connectivity index (χ2n) is 7.34. The van der Waals surface area contributed by atoms with Gasteiger partial charge in [-0.3, -0.25) is 4.79 Å². The van der Waals surface area contributed by atoms with Gasteiger partial charge in [0.2, 0.25) is 5.91 Å². The number of para-hydroxylation sites is 1. The number of carbonyl (C=O) groups excluding carboxylic acids is 1. The summed E-state index contributed by atoms with van der Waals surface area (Å²) < 4.78 is 6.01. The molecule has 1 saturated carbocycles. The molecular formula is C20H30N2O3. The van der Waals surface area contributed by atoms with E-state index in [1.54, 1.807) is 6.92 Å². The highest BCUT2D eigenvalue weighted by Crippen LogP contribution is 2.28. The molecule has 0 spiro atoms. The van der Waals surface area contributed by atoms with Gasteiger partial charge in [-0.15, -0.1) is 0 Å². The van der Waals surface area contributed by atoms with Gasteiger partial charge in [0.15, 0.2) is 0 Å². The van der Waals surface area contributed by atoms with Crippen molar-refractivity contribution in [2.45, 2.75) is 57.3 Å². The number of hydrogen-bond acceptors (Lipinski definition) is 4. The fourth-order valence-electron chi connectivity index (χ4n) is 3.97. The molecule has 3 atom stereocenters. The van der Waals surface area contributed by atoms with Crippen molar-refractivity contribution < 1.29 is 14.6 Å². The maximum Gasteiger partial charge on any atom is 0.219 e. The van der Waals surface area contributed by atoms with Crippen LogP contribution >= 0.6 is 0 Å². The number of nitrogens with zero attached hydrogens (tertiary/aromatic N) is 1. The van der Waals surface area contributed by atoms with Crippen LogP contribution in [0.25, 0.3) is 0 Å². The number of aliphatic hydroxyl groups is 1. The molecule has 1 heterocycles. The monoisotopic (exact) mass is 346 g/mol. The van der Waals surface area contributed by atoms with Crippen LogP contribution < -0.4 is 10.1 Å². The van der Waals surface area contributed by atoms with Crippen molar-refractivity contribution in [3.63, 3.8) is 0 Å². The van der Waals surface area contributed by atoms with Crippen molar-refractivity contribution in [3.05, 3.63) is 30.3 Å². The van der Waals surface area contributed by atoms with Gasteiger partial charge in [-0.05, 0) is 44.2 Å². The molecule has 2 fully saturated rings. The average molecular weight is 346 g/mol. The first-order chi connectivity index (χ1) is 12.1. The van der Waals surface area contributed by atoms with Crippen molar-refractivity contribution >= 4 is 5.91 Å². The second-order valence-corrected chi connectivity index (χ2v) is 7.34. The first-order valence-electron chi connectivity index (χ1n) is 9.52. The Morgan fingerprint density at radius 1 is 1.20 bits per heavy atom. The van der Waals surface area contributed by atoms with Crippen molar-refractivity contribution in [1.29, 1.82) is 0 Å². The van der Waals surface area contributed by atoms with E-state index in [2.05, 4.69) is 5.32 Å². The molecule has 1 aromatic carbocycles. The summed E-state index contributed by atoms with van der Waals surface area (Å²) in [7, 11) is 0. The molecule has 5 heteroatoms. The number of hydrogen-bond donors (Lipinski definition) is 2. The number of nitrogens with one attached hydrogen (secondary N) is 1. The quantitative estimate of drug-likeness (QED) is 0.858. The number of rotatable bonds is 5. The summed E-state index contributed by atoms with van der Waals surface area (Å²) in [5, 5.41) is 14.3. The van der Waals surface area contributed by atoms with E-state index in [1.807, 2.05) is 35.2 Å². The topological polar surface area (TPSA) is 61.8 Å². The normalized spacial score (nSPS) is 27.9. The largest absolute Gasteiger partial charge is 0.488 e. The smallest absolute Gasteiger partial charge is 0.219 e. The summed E-state index contributed by atoms with van der Waals surface area (Å²) >= 11 is 0. The highest BCUT2D eigenvalue weighted by Gasteiger charge is 2.33. The Bertz CT molecular complexity index is 543. The molecule has 0 radical (unpaired) electrons. The first-order valence-corrected chi connectivity index (χ1v) is 9.52. The molecule has 1 aromatic rings. The molecule has 0 bridgehead atoms. The average Bonchev–Trinajstić information content (AvgIpc) is 2.63. The maximum absolute atomic E-state index is 11.4. The van der Waals surface area contributed by atoms with Gasteiger partial charge in [0.1, 0.15) is 11.9 Å². The lowest BCUT2D eigenvalue weighted by Gasteiger charge is -2.37. The Balaban J connectivity index is 1.45. The van der Waals surface area contributed by atoms with Crippen LogP contribution in [0.5, 0.6) is 5.75 Å². The Morgan fingerprint density at radius 2 is 1.92 bits per heavy atom. The fourth-order valence-corrected chi connectivity index (χ4v) is 3.97. The number of ether oxygens (including phenoxy) is 1. The minimum atomic E-state index is -0.432. The third-order valence-corrected chi connectivity index (χ3v) is 5.57. The predicted octanol–water partition coefficient (Wildman–Crippen LogP) is 2.20. The standard InChI is InChI=1S/C20H30N2O3/c1-15(23)22-12-10-17(11-13-22)21-14-16-6-5-9-19(20(16)24)25-18-7-3-2-4-8-18/h2-4,7-8,16-17,19-21,24H,5-6,9-14H2,1H3/t16-,19-,20-/m1/s1. The number of carbonyl (C=O) groups is 1. The number of amides is 1. The van der Waals surface area contributed by atoms with E-state index in [0.29, 0.717) is 6.04 Å². The molecular weight excluding hydrogens is 316 g/mol. The van der Waals surface area contributed by atoms with Crippen LogP contribution in [0.4, 0.5) is 0 Å². The highest BCUT2D eigenvalue weighted by atomic mass is 16.5. The van der Waals surface area contributed by atoms with E-state index in [-0.39, 0.29) is 17.9 Å². The molecule has 0 aromatic heterocycles. The van der Waals surface area contributed by atoms with E-state index < -0.39 is 6.10 Å². The zero-order chi connectivity index (χ0) is 17.6. The molecule has 5 nitrogen and oxygen atoms in total. The van der Waals surface area contributed by atoms with Crippen LogP contribution in [0.15, 0.2) is 30.3 Å². The molecule has 1 aliphatic carbocycles. The van der Waals surface area contributed by atoms with Gasteiger partial charge < -0.3 is 20.1 Å². The summed E-state index contributed by atoms with van der Waals surface area (Å²) in [6.07, 6.45) is 4.46. The van der Waals surface area contributed by atoms with Crippen molar-refractivity contribution in [3.8, 4) is 5.75 Å². The second kappa shape index (κ2) is 8.68. The van der Waals surface area contributed by atoms with E-state index in [0.717, 1.165) is 57.5 Å². The molecule has 2 N–H and O–H groups in total. The van der Waals surface area contributed by atoms with Crippen LogP contribution in [-0.2, 0) is 4.79 Å². The Kier molecular flexibility index (Phi) is 6.32. The SMILES string of the molecule is CC(=O)N1CCC(NC[C@H]2CCC[C@@H](Oc3ccccc3)[C@@H]2O)CC1. The molecule has 2 aliphatic rings. The van der Waals surface area contributed by atoms with Crippen molar-refractivity contribution in [2.75, 3.05) is 19.6 Å². The fraction of sp³-hybridized carbons (Fsp3) is 0.650. The summed E-state index contributed by atoms with van der Waals surface area (Å²) in [6.45, 7) is 4.12. The van der Waals surface area contributed by atoms with Gasteiger partial charge in [0.05, 0.1) is 6.10 Å². The van der Waals surface area contributed by atoms with Crippen LogP contribution in [0.2, 0.25) is 0 Å². The lowest BCUT2D eigenvalue weighted by atomic mass is 9.84. The van der Waals surface area contributed by atoms with Crippen LogP contribution in [0, 0.1) is 5.92 Å². The van der Waals surface area contributed by atoms with Gasteiger partial charge in [-0.1, -0.05) is 18.2 Å². The molecule has 1 saturated heterocycles. The number of likely N-dealkylation sites (tertiary alicyclic amines) is 1. The zero-order valence-electron chi connectivity index (χ0n) is 15.1. The lowest BCUT2D eigenvalue weighted by Crippen LogP contribution is -2.49. The molecule has 138 valence electrons. The van der Waals surface area contributed by atoms with Crippen LogP contribution in [0.3, 0.4) is 0 Å². The highest BCUT2D eigenvalue weighted by molar-refractivity contribution is 5.73. The van der Waals surface area contributed by atoms with Crippen molar-refractivity contribution in [2.24, 2.45) is 5.92 Å². The molecule has 1 amide bonds. The van der Waals surface area contributed by atoms with Crippen molar-refractivity contribution in [1.82, 2.24) is 10.2 Å². The minimum absolute atomic E-state index is 0.123. The van der Waals surface area contributed by atoms with Crippen LogP contribution in [0.1, 0.15) is 39.0 Å². The third kappa shape index (κ3) is 4.95. The Labute approximate surface area is 150 Å². The van der Waals surface area contributed by atoms with E-state index in [9.17, 15) is 9.90 Å². The van der Waals surface area contributed by atoms with Crippen LogP contribution in [-0.4, -0.2) is 53.8 Å². The third-order valence-electron chi connectivity index (χ3n) is 5.57. The maximum atomic E-state index is 11.4. The van der Waals surface area contributed by atoms with Gasteiger partial charge >= 0.3 is 0 Å². The lowest BCUT2D eigenvalue weighted by molar-refractivity contribution is -0.129. The summed E-state index contributed by atoms with van der Waals surface area (Å²) in [4.78, 5) is 13.3. The molecule has 3 rings (SSSR count). The number of piperidine rings is 1. The first kappa shape index (κ1) is 18.2. The summed E-state index contributed by atoms with van der Waals surface area (Å²) in [5.74, 6) is 1.23. The summed E-state index contributed by atoms with van der Waals surface area (Å²) in [5.41, 5.74) is 0. The van der Waals surface area contributed by atoms with Gasteiger partial charge in [-0.25, -0.2) is 0 Å². The van der Waals surface area contributed by atoms with Gasteiger partial charge in [0, 0.05) is 38.5 Å². The van der Waals surface area contributed by atoms with Gasteiger partial charge in [-0.2, -0.15) is 0 Å². The Hall–Kier alpha value is -1.59. The van der Waals surface area contributed by atoms with E-state index in [4.69, 9.17) is 4.74 Å². The molecule has 25 heavy (non-hydrogen) atoms. The van der Waals surface area contributed by atoms with E-state index >= 15 is 0 Å². The molecule has 1 aliphatic heterocycles. The Morgan fingerprint density at radius 3 is 2.60 bits per heavy atom. The summed E-state index contributed by atoms with van der Waals surface area (Å²) in [6, 6.07) is 10.2.